The van der Waals surface area contributed by atoms with E-state index in [4.69, 9.17) is 16.7 Å². The molecule has 0 aliphatic heterocycles. The van der Waals surface area contributed by atoms with Gasteiger partial charge >= 0.3 is 0 Å². The lowest BCUT2D eigenvalue weighted by Crippen LogP contribution is -1.55. The van der Waals surface area contributed by atoms with E-state index >= 15 is 0 Å². The lowest BCUT2D eigenvalue weighted by molar-refractivity contribution is 0.517. The number of aliphatic hydroxyl groups is 1. The summed E-state index contributed by atoms with van der Waals surface area (Å²) in [5.74, 6) is 2.39. The van der Waals surface area contributed by atoms with Gasteiger partial charge < -0.3 is 5.11 Å². The van der Waals surface area contributed by atoms with Crippen molar-refractivity contribution in [2.24, 2.45) is 0 Å². The third-order valence-electron chi connectivity index (χ3n) is 0.146. The number of aliphatic hydroxyl groups excluding tert-OH is 1. The Morgan fingerprint density at radius 1 is 1.80 bits per heavy atom. The van der Waals surface area contributed by atoms with Crippen LogP contribution in [0.3, 0.4) is 0 Å². The third kappa shape index (κ3) is 3.65. The summed E-state index contributed by atoms with van der Waals surface area (Å²) >= 11 is 4.97. The second-order valence-corrected chi connectivity index (χ2v) is 0.689. The molecule has 5 heavy (non-hydrogen) atoms. The summed E-state index contributed by atoms with van der Waals surface area (Å²) in [6, 6.07) is 0. The molecule has 0 heterocycles. The van der Waals surface area contributed by atoms with Gasteiger partial charge in [-0.3, -0.25) is 0 Å². The van der Waals surface area contributed by atoms with Gasteiger partial charge in [0.1, 0.15) is 6.11 Å². The molecule has 0 rings (SSSR count). The van der Waals surface area contributed by atoms with Crippen molar-refractivity contribution < 1.29 is 5.11 Å². The molecule has 0 unspecified atom stereocenters. The molecule has 0 fully saturated rings. The Balaban J connectivity index is 2.81. The van der Waals surface area contributed by atoms with Gasteiger partial charge in [0.25, 0.3) is 0 Å². The minimum absolute atomic E-state index is 0.205. The normalized spacial score (nSPS) is 5.00. The third-order valence-corrected chi connectivity index (χ3v) is 0.280. The zero-order chi connectivity index (χ0) is 4.12. The minimum Gasteiger partial charge on any atom is -0.462 e. The molecule has 0 spiro atoms. The monoisotopic (exact) mass is 90.0 g/mol. The number of alkyl halides is 1. The fourth-order valence-electron chi connectivity index (χ4n) is 0.0299. The summed E-state index contributed by atoms with van der Waals surface area (Å²) in [6.45, 7) is 0. The van der Waals surface area contributed by atoms with Gasteiger partial charge in [0, 0.05) is 0 Å². The molecule has 0 aromatic heterocycles. The summed E-state index contributed by atoms with van der Waals surface area (Å²) in [5, 5.41) is 7.62. The van der Waals surface area contributed by atoms with Gasteiger partial charge in [0.2, 0.25) is 0 Å². The van der Waals surface area contributed by atoms with Crippen LogP contribution in [0.15, 0.2) is 0 Å². The summed E-state index contributed by atoms with van der Waals surface area (Å²) < 4.78 is 0. The van der Waals surface area contributed by atoms with E-state index in [0.29, 0.717) is 0 Å². The van der Waals surface area contributed by atoms with Gasteiger partial charge in [0.05, 0.1) is 5.88 Å². The van der Waals surface area contributed by atoms with Crippen LogP contribution >= 0.6 is 11.6 Å². The molecule has 1 N–H and O–H groups in total. The Bertz CT molecular complexity index is 59.0. The van der Waals surface area contributed by atoms with Gasteiger partial charge in [-0.25, -0.2) is 0 Å². The van der Waals surface area contributed by atoms with Crippen molar-refractivity contribution in [3.63, 3.8) is 0 Å². The topological polar surface area (TPSA) is 20.2 Å². The van der Waals surface area contributed by atoms with E-state index < -0.39 is 0 Å². The largest absolute Gasteiger partial charge is 0.462 e. The molecule has 0 saturated heterocycles. The van der Waals surface area contributed by atoms with Crippen LogP contribution < -0.4 is 0 Å². The zero-order valence-electron chi connectivity index (χ0n) is 2.53. The van der Waals surface area contributed by atoms with E-state index in [1.807, 2.05) is 0 Å². The highest BCUT2D eigenvalue weighted by Gasteiger charge is 1.53. The number of hydrogen-bond acceptors (Lipinski definition) is 1. The molecule has 0 amide bonds. The lowest BCUT2D eigenvalue weighted by atomic mass is 10.8. The molecule has 0 aromatic rings. The molecule has 0 aliphatic rings. The van der Waals surface area contributed by atoms with E-state index in [1.165, 1.54) is 0 Å². The Morgan fingerprint density at radius 2 is 2.40 bits per heavy atom. The van der Waals surface area contributed by atoms with Crippen molar-refractivity contribution >= 4 is 11.6 Å². The summed E-state index contributed by atoms with van der Waals surface area (Å²) in [4.78, 5) is 0. The first-order valence-electron chi connectivity index (χ1n) is 1.09. The highest BCUT2D eigenvalue weighted by molar-refractivity contribution is 6.19. The molecule has 0 saturated carbocycles. The van der Waals surface area contributed by atoms with Crippen molar-refractivity contribution in [2.75, 3.05) is 5.88 Å². The fraction of sp³-hybridized carbons (Fsp3) is 0.333. The van der Waals surface area contributed by atoms with E-state index in [1.54, 1.807) is 6.11 Å². The first-order chi connectivity index (χ1) is 2.41. The highest BCUT2D eigenvalue weighted by atomic mass is 35.5. The maximum absolute atomic E-state index is 7.62. The molecular formula is C3H3ClO. The Kier molecular flexibility index (Phi) is 3.39. The predicted molar refractivity (Wildman–Crippen MR) is 20.4 cm³/mol. The summed E-state index contributed by atoms with van der Waals surface area (Å²) in [6.07, 6.45) is 1.64. The summed E-state index contributed by atoms with van der Waals surface area (Å²) in [7, 11) is 0. The van der Waals surface area contributed by atoms with Crippen LogP contribution in [0.5, 0.6) is 0 Å². The lowest BCUT2D eigenvalue weighted by Gasteiger charge is -1.55. The van der Waals surface area contributed by atoms with Gasteiger partial charge in [-0.1, -0.05) is 0 Å². The van der Waals surface area contributed by atoms with Gasteiger partial charge in [-0.15, -0.1) is 11.6 Å². The predicted octanol–water partition coefficient (Wildman–Crippen LogP) is 0.559. The van der Waals surface area contributed by atoms with Crippen molar-refractivity contribution in [2.45, 2.75) is 0 Å². The molecule has 1 nitrogen and oxygen atoms in total. The molecule has 0 atom stereocenters. The number of hydrogen-bond donors (Lipinski definition) is 1. The zero-order valence-corrected chi connectivity index (χ0v) is 3.29. The first kappa shape index (κ1) is 4.65. The molecule has 0 aliphatic carbocycles. The van der Waals surface area contributed by atoms with Gasteiger partial charge in [-0.05, 0) is 5.92 Å². The number of halogens is 1. The van der Waals surface area contributed by atoms with Gasteiger partial charge in [-0.2, -0.15) is 0 Å². The Hall–Kier alpha value is -0.350. The Labute approximate surface area is 35.6 Å². The maximum Gasteiger partial charge on any atom is 0.108 e. The van der Waals surface area contributed by atoms with Crippen LogP contribution in [0, 0.1) is 12.0 Å². The van der Waals surface area contributed by atoms with Crippen molar-refractivity contribution in [1.82, 2.24) is 0 Å². The van der Waals surface area contributed by atoms with Gasteiger partial charge in [0.15, 0.2) is 0 Å². The SMILES string of the molecule is OC#CCCl. The molecule has 2 heteroatoms. The van der Waals surface area contributed by atoms with E-state index in [-0.39, 0.29) is 5.88 Å². The second kappa shape index (κ2) is 3.65. The highest BCUT2D eigenvalue weighted by Crippen LogP contribution is 1.63. The smallest absolute Gasteiger partial charge is 0.108 e. The summed E-state index contributed by atoms with van der Waals surface area (Å²) in [5.41, 5.74) is 0. The van der Waals surface area contributed by atoms with E-state index in [0.717, 1.165) is 0 Å². The molecule has 0 bridgehead atoms. The van der Waals surface area contributed by atoms with E-state index in [2.05, 4.69) is 5.92 Å². The second-order valence-electron chi connectivity index (χ2n) is 0.422. The maximum atomic E-state index is 7.62. The van der Waals surface area contributed by atoms with Crippen LogP contribution in [0.2, 0.25) is 0 Å². The first-order valence-corrected chi connectivity index (χ1v) is 1.63. The molecular weight excluding hydrogens is 87.5 g/mol. The van der Waals surface area contributed by atoms with Crippen LogP contribution in [0.4, 0.5) is 0 Å². The van der Waals surface area contributed by atoms with Crippen molar-refractivity contribution in [1.29, 1.82) is 0 Å². The number of rotatable bonds is 0. The minimum atomic E-state index is 0.205. The fourth-order valence-corrected chi connectivity index (χ4v) is 0.0896. The van der Waals surface area contributed by atoms with Crippen LogP contribution in [-0.2, 0) is 0 Å². The molecule has 0 radical (unpaired) electrons. The quantitative estimate of drug-likeness (QED) is 0.340. The molecule has 0 aromatic carbocycles. The van der Waals surface area contributed by atoms with Crippen LogP contribution in [0.1, 0.15) is 0 Å². The van der Waals surface area contributed by atoms with Crippen LogP contribution in [0.25, 0.3) is 0 Å². The van der Waals surface area contributed by atoms with Crippen molar-refractivity contribution in [3.05, 3.63) is 0 Å². The van der Waals surface area contributed by atoms with E-state index in [9.17, 15) is 0 Å². The Morgan fingerprint density at radius 3 is 2.40 bits per heavy atom. The van der Waals surface area contributed by atoms with Crippen LogP contribution in [-0.4, -0.2) is 11.0 Å². The standard InChI is InChI=1S/C3H3ClO/c4-2-1-3-5/h5H,2H2. The molecule has 28 valence electrons. The average molecular weight is 90.5 g/mol. The van der Waals surface area contributed by atoms with Crippen molar-refractivity contribution in [3.8, 4) is 12.0 Å². The average Bonchev–Trinajstić information content (AvgIpc) is 1.41.